The highest BCUT2D eigenvalue weighted by Crippen LogP contribution is 2.28. The smallest absolute Gasteiger partial charge is 0.340 e. The molecular weight excluding hydrogens is 380 g/mol. The zero-order chi connectivity index (χ0) is 19.9. The van der Waals surface area contributed by atoms with Crippen molar-refractivity contribution >= 4 is 40.7 Å². The molecule has 1 heterocycles. The Bertz CT molecular complexity index is 981. The Morgan fingerprint density at radius 1 is 1.14 bits per heavy atom. The molecule has 3 rings (SSSR count). The molecular formula is C20H19ClN4O3. The van der Waals surface area contributed by atoms with E-state index in [2.05, 4.69) is 20.6 Å². The first-order chi connectivity index (χ1) is 13.6. The minimum Gasteiger partial charge on any atom is -0.495 e. The maximum absolute atomic E-state index is 12.1. The molecule has 0 fully saturated rings. The summed E-state index contributed by atoms with van der Waals surface area (Å²) in [7, 11) is 1.56. The normalized spacial score (nSPS) is 10.2. The van der Waals surface area contributed by atoms with Crippen LogP contribution in [0.1, 0.15) is 17.3 Å². The van der Waals surface area contributed by atoms with Gasteiger partial charge in [0.2, 0.25) is 5.95 Å². The average Bonchev–Trinajstić information content (AvgIpc) is 2.69. The fourth-order valence-electron chi connectivity index (χ4n) is 2.48. The van der Waals surface area contributed by atoms with Gasteiger partial charge in [0.15, 0.2) is 0 Å². The summed E-state index contributed by atoms with van der Waals surface area (Å²) in [5.41, 5.74) is 1.74. The van der Waals surface area contributed by atoms with Gasteiger partial charge in [0.05, 0.1) is 30.0 Å². The van der Waals surface area contributed by atoms with Crippen molar-refractivity contribution in [1.29, 1.82) is 0 Å². The van der Waals surface area contributed by atoms with E-state index < -0.39 is 5.97 Å². The van der Waals surface area contributed by atoms with Gasteiger partial charge < -0.3 is 20.1 Å². The van der Waals surface area contributed by atoms with Crippen molar-refractivity contribution in [2.45, 2.75) is 6.92 Å². The zero-order valence-corrected chi connectivity index (χ0v) is 16.2. The van der Waals surface area contributed by atoms with Gasteiger partial charge in [-0.3, -0.25) is 0 Å². The Labute approximate surface area is 167 Å². The summed E-state index contributed by atoms with van der Waals surface area (Å²) in [6, 6.07) is 14.1. The molecule has 0 amide bonds. The number of para-hydroxylation sites is 1. The highest BCUT2D eigenvalue weighted by Gasteiger charge is 2.12. The molecule has 3 aromatic rings. The van der Waals surface area contributed by atoms with E-state index in [4.69, 9.17) is 21.1 Å². The molecule has 144 valence electrons. The van der Waals surface area contributed by atoms with E-state index in [1.54, 1.807) is 56.6 Å². The van der Waals surface area contributed by atoms with Crippen LogP contribution in [0.2, 0.25) is 5.02 Å². The minimum atomic E-state index is -0.397. The van der Waals surface area contributed by atoms with Crippen LogP contribution >= 0.6 is 11.6 Å². The van der Waals surface area contributed by atoms with Crippen molar-refractivity contribution in [2.75, 3.05) is 24.4 Å². The van der Waals surface area contributed by atoms with Crippen LogP contribution < -0.4 is 15.4 Å². The number of aromatic nitrogens is 2. The molecule has 0 saturated heterocycles. The number of carbonyl (C=O) groups excluding carboxylic acids is 1. The molecule has 2 aromatic carbocycles. The van der Waals surface area contributed by atoms with Gasteiger partial charge in [-0.1, -0.05) is 23.7 Å². The number of carbonyl (C=O) groups is 1. The Kier molecular flexibility index (Phi) is 6.29. The van der Waals surface area contributed by atoms with E-state index in [1.807, 2.05) is 12.1 Å². The molecule has 0 atom stereocenters. The lowest BCUT2D eigenvalue weighted by molar-refractivity contribution is 0.0527. The topological polar surface area (TPSA) is 85.4 Å². The third-order valence-electron chi connectivity index (χ3n) is 3.75. The lowest BCUT2D eigenvalue weighted by Gasteiger charge is -2.12. The molecule has 0 saturated carbocycles. The second-order valence-corrected chi connectivity index (χ2v) is 6.04. The fourth-order valence-corrected chi connectivity index (χ4v) is 2.74. The van der Waals surface area contributed by atoms with Gasteiger partial charge in [-0.15, -0.1) is 0 Å². The summed E-state index contributed by atoms with van der Waals surface area (Å²) in [5.74, 6) is 1.08. The molecule has 0 unspecified atom stereocenters. The van der Waals surface area contributed by atoms with Gasteiger partial charge in [-0.2, -0.15) is 4.98 Å². The van der Waals surface area contributed by atoms with Crippen LogP contribution in [-0.4, -0.2) is 29.7 Å². The molecule has 0 aliphatic rings. The number of benzene rings is 2. The number of ether oxygens (including phenoxy) is 2. The van der Waals surface area contributed by atoms with Crippen LogP contribution in [0.15, 0.2) is 54.7 Å². The summed E-state index contributed by atoms with van der Waals surface area (Å²) in [4.78, 5) is 20.7. The molecule has 7 nitrogen and oxygen atoms in total. The first-order valence-electron chi connectivity index (χ1n) is 8.57. The fraction of sp³-hybridized carbons (Fsp3) is 0.150. The van der Waals surface area contributed by atoms with Crippen LogP contribution in [0.5, 0.6) is 5.75 Å². The van der Waals surface area contributed by atoms with Gasteiger partial charge in [-0.05, 0) is 43.3 Å². The number of rotatable bonds is 7. The monoisotopic (exact) mass is 398 g/mol. The molecule has 0 bridgehead atoms. The van der Waals surface area contributed by atoms with Crippen LogP contribution in [0.25, 0.3) is 0 Å². The molecule has 2 N–H and O–H groups in total. The Hall–Kier alpha value is -3.32. The van der Waals surface area contributed by atoms with E-state index in [0.29, 0.717) is 40.4 Å². The van der Waals surface area contributed by atoms with Gasteiger partial charge in [-0.25, -0.2) is 9.78 Å². The molecule has 28 heavy (non-hydrogen) atoms. The van der Waals surface area contributed by atoms with Gasteiger partial charge >= 0.3 is 5.97 Å². The van der Waals surface area contributed by atoms with Crippen molar-refractivity contribution < 1.29 is 14.3 Å². The number of hydrogen-bond donors (Lipinski definition) is 2. The SMILES string of the molecule is CCOC(=O)c1ccccc1Nc1ccnc(Nc2ccc(OC)c(Cl)c2)n1. The lowest BCUT2D eigenvalue weighted by Crippen LogP contribution is -2.08. The number of esters is 1. The number of methoxy groups -OCH3 is 1. The Morgan fingerprint density at radius 3 is 2.71 bits per heavy atom. The van der Waals surface area contributed by atoms with Crippen LogP contribution in [0, 0.1) is 0 Å². The molecule has 0 aliphatic heterocycles. The van der Waals surface area contributed by atoms with Crippen molar-refractivity contribution in [3.8, 4) is 5.75 Å². The summed E-state index contributed by atoms with van der Waals surface area (Å²) in [6.07, 6.45) is 1.61. The average molecular weight is 399 g/mol. The van der Waals surface area contributed by atoms with E-state index in [9.17, 15) is 4.79 Å². The highest BCUT2D eigenvalue weighted by molar-refractivity contribution is 6.32. The maximum atomic E-state index is 12.1. The maximum Gasteiger partial charge on any atom is 0.340 e. The number of anilines is 4. The second kappa shape index (κ2) is 9.05. The molecule has 0 spiro atoms. The van der Waals surface area contributed by atoms with Crippen molar-refractivity contribution in [3.63, 3.8) is 0 Å². The van der Waals surface area contributed by atoms with Crippen molar-refractivity contribution in [2.24, 2.45) is 0 Å². The molecule has 0 radical (unpaired) electrons. The highest BCUT2D eigenvalue weighted by atomic mass is 35.5. The largest absolute Gasteiger partial charge is 0.495 e. The van der Waals surface area contributed by atoms with Crippen molar-refractivity contribution in [1.82, 2.24) is 9.97 Å². The number of hydrogen-bond acceptors (Lipinski definition) is 7. The molecule has 0 aliphatic carbocycles. The first kappa shape index (κ1) is 19.4. The van der Waals surface area contributed by atoms with Crippen molar-refractivity contribution in [3.05, 3.63) is 65.3 Å². The lowest BCUT2D eigenvalue weighted by atomic mass is 10.2. The number of halogens is 1. The van der Waals surface area contributed by atoms with E-state index in [-0.39, 0.29) is 0 Å². The van der Waals surface area contributed by atoms with Gasteiger partial charge in [0.1, 0.15) is 11.6 Å². The third kappa shape index (κ3) is 4.69. The van der Waals surface area contributed by atoms with Gasteiger partial charge in [0.25, 0.3) is 0 Å². The van der Waals surface area contributed by atoms with E-state index in [0.717, 1.165) is 5.69 Å². The molecule has 8 heteroatoms. The molecule has 1 aromatic heterocycles. The van der Waals surface area contributed by atoms with Gasteiger partial charge in [0, 0.05) is 11.9 Å². The summed E-state index contributed by atoms with van der Waals surface area (Å²) in [5, 5.41) is 6.69. The third-order valence-corrected chi connectivity index (χ3v) is 4.04. The number of nitrogens with one attached hydrogen (secondary N) is 2. The second-order valence-electron chi connectivity index (χ2n) is 5.63. The first-order valence-corrected chi connectivity index (χ1v) is 8.95. The number of nitrogens with zero attached hydrogens (tertiary/aromatic N) is 2. The van der Waals surface area contributed by atoms with Crippen LogP contribution in [0.3, 0.4) is 0 Å². The predicted octanol–water partition coefficient (Wildman–Crippen LogP) is 4.80. The van der Waals surface area contributed by atoms with Crippen LogP contribution in [-0.2, 0) is 4.74 Å². The quantitative estimate of drug-likeness (QED) is 0.552. The Balaban J connectivity index is 1.79. The van der Waals surface area contributed by atoms with E-state index in [1.165, 1.54) is 0 Å². The summed E-state index contributed by atoms with van der Waals surface area (Å²) in [6.45, 7) is 2.07. The summed E-state index contributed by atoms with van der Waals surface area (Å²) < 4.78 is 10.2. The summed E-state index contributed by atoms with van der Waals surface area (Å²) >= 11 is 6.15. The zero-order valence-electron chi connectivity index (χ0n) is 15.4. The Morgan fingerprint density at radius 2 is 1.96 bits per heavy atom. The minimum absolute atomic E-state index is 0.305. The van der Waals surface area contributed by atoms with Crippen LogP contribution in [0.4, 0.5) is 23.1 Å². The predicted molar refractivity (Wildman–Crippen MR) is 109 cm³/mol. The standard InChI is InChI=1S/C20H19ClN4O3/c1-3-28-19(26)14-6-4-5-7-16(14)24-18-10-11-22-20(25-18)23-13-8-9-17(27-2)15(21)12-13/h4-12H,3H2,1-2H3,(H2,22,23,24,25). The van der Waals surface area contributed by atoms with E-state index >= 15 is 0 Å².